The van der Waals surface area contributed by atoms with Crippen molar-refractivity contribution < 1.29 is 42.9 Å². The minimum atomic E-state index is -1.18. The molecule has 10 heteroatoms. The first-order valence-corrected chi connectivity index (χ1v) is 8.43. The van der Waals surface area contributed by atoms with Crippen molar-refractivity contribution in [3.05, 3.63) is 0 Å². The Labute approximate surface area is 156 Å². The molecule has 27 heavy (non-hydrogen) atoms. The van der Waals surface area contributed by atoms with Gasteiger partial charge in [0.2, 0.25) is 5.91 Å². The molecular weight excluding hydrogens is 362 g/mol. The molecule has 0 aromatic carbocycles. The van der Waals surface area contributed by atoms with Gasteiger partial charge in [-0.05, 0) is 6.42 Å². The van der Waals surface area contributed by atoms with Crippen LogP contribution < -0.4 is 5.32 Å². The molecule has 0 spiro atoms. The number of hydrogen-bond donors (Lipinski definition) is 1. The van der Waals surface area contributed by atoms with E-state index in [1.165, 1.54) is 27.7 Å². The SMILES string of the molecule is CC(=O)N[C@H]1C[C@@H](COC(C)=O)[C@H](OC(C)=O)[C@@H](OC(C)=O)[C@H]1OC(C)=O. The van der Waals surface area contributed by atoms with Gasteiger partial charge in [-0.15, -0.1) is 0 Å². The maximum atomic E-state index is 11.6. The summed E-state index contributed by atoms with van der Waals surface area (Å²) in [5.41, 5.74) is 0. The quantitative estimate of drug-likeness (QED) is 0.488. The summed E-state index contributed by atoms with van der Waals surface area (Å²) in [6, 6.07) is -0.733. The molecule has 0 aromatic heterocycles. The van der Waals surface area contributed by atoms with Gasteiger partial charge in [0.05, 0.1) is 12.6 Å². The van der Waals surface area contributed by atoms with Gasteiger partial charge >= 0.3 is 23.9 Å². The zero-order valence-corrected chi connectivity index (χ0v) is 16.0. The summed E-state index contributed by atoms with van der Waals surface area (Å²) in [5, 5.41) is 2.64. The fraction of sp³-hybridized carbons (Fsp3) is 0.706. The first kappa shape index (κ1) is 22.4. The molecule has 1 saturated carbocycles. The molecule has 1 aliphatic rings. The van der Waals surface area contributed by atoms with Gasteiger partial charge in [0.25, 0.3) is 0 Å². The van der Waals surface area contributed by atoms with Crippen molar-refractivity contribution in [2.45, 2.75) is 65.4 Å². The number of amides is 1. The minimum Gasteiger partial charge on any atom is -0.465 e. The first-order valence-electron chi connectivity index (χ1n) is 8.43. The first-order chi connectivity index (χ1) is 12.5. The van der Waals surface area contributed by atoms with Gasteiger partial charge in [-0.2, -0.15) is 0 Å². The zero-order chi connectivity index (χ0) is 20.7. The lowest BCUT2D eigenvalue weighted by molar-refractivity contribution is -0.203. The van der Waals surface area contributed by atoms with E-state index in [1.807, 2.05) is 0 Å². The van der Waals surface area contributed by atoms with E-state index in [-0.39, 0.29) is 13.0 Å². The number of esters is 4. The molecular formula is C17H25NO9. The van der Waals surface area contributed by atoms with Crippen LogP contribution in [0.25, 0.3) is 0 Å². The molecule has 0 bridgehead atoms. The van der Waals surface area contributed by atoms with Gasteiger partial charge < -0.3 is 24.3 Å². The zero-order valence-electron chi connectivity index (χ0n) is 16.0. The maximum absolute atomic E-state index is 11.6. The average molecular weight is 387 g/mol. The van der Waals surface area contributed by atoms with Gasteiger partial charge in [-0.1, -0.05) is 0 Å². The minimum absolute atomic E-state index is 0.131. The van der Waals surface area contributed by atoms with Crippen molar-refractivity contribution in [2.75, 3.05) is 6.61 Å². The molecule has 0 saturated heterocycles. The van der Waals surface area contributed by atoms with Crippen LogP contribution in [0.1, 0.15) is 41.0 Å². The van der Waals surface area contributed by atoms with Crippen molar-refractivity contribution in [1.29, 1.82) is 0 Å². The Bertz CT molecular complexity index is 603. The molecule has 0 heterocycles. The van der Waals surface area contributed by atoms with Crippen LogP contribution >= 0.6 is 0 Å². The lowest BCUT2D eigenvalue weighted by Gasteiger charge is -2.44. The topological polar surface area (TPSA) is 134 Å². The van der Waals surface area contributed by atoms with Crippen molar-refractivity contribution in [2.24, 2.45) is 5.92 Å². The summed E-state index contributed by atoms with van der Waals surface area (Å²) in [6.07, 6.45) is -3.12. The summed E-state index contributed by atoms with van der Waals surface area (Å²) in [4.78, 5) is 57.5. The molecule has 0 radical (unpaired) electrons. The number of carbonyl (C=O) groups is 5. The van der Waals surface area contributed by atoms with Crippen LogP contribution in [-0.4, -0.2) is 60.7 Å². The number of ether oxygens (including phenoxy) is 4. The van der Waals surface area contributed by atoms with E-state index < -0.39 is 60.1 Å². The summed E-state index contributed by atoms with van der Waals surface area (Å²) < 4.78 is 20.9. The van der Waals surface area contributed by atoms with Crippen LogP contribution in [0.2, 0.25) is 0 Å². The van der Waals surface area contributed by atoms with E-state index in [9.17, 15) is 24.0 Å². The Kier molecular flexibility index (Phi) is 8.20. The predicted molar refractivity (Wildman–Crippen MR) is 89.0 cm³/mol. The fourth-order valence-corrected chi connectivity index (χ4v) is 3.09. The molecule has 0 aromatic rings. The maximum Gasteiger partial charge on any atom is 0.303 e. The van der Waals surface area contributed by atoms with Gasteiger partial charge in [-0.25, -0.2) is 0 Å². The van der Waals surface area contributed by atoms with Crippen molar-refractivity contribution >= 4 is 29.8 Å². The molecule has 0 unspecified atom stereocenters. The molecule has 10 nitrogen and oxygen atoms in total. The molecule has 1 fully saturated rings. The number of rotatable bonds is 6. The second-order valence-electron chi connectivity index (χ2n) is 6.33. The number of carbonyl (C=O) groups excluding carboxylic acids is 5. The van der Waals surface area contributed by atoms with Gasteiger partial charge in [0.1, 0.15) is 6.10 Å². The Morgan fingerprint density at radius 3 is 1.67 bits per heavy atom. The molecule has 1 aliphatic carbocycles. The van der Waals surface area contributed by atoms with E-state index in [0.717, 1.165) is 6.92 Å². The van der Waals surface area contributed by atoms with Crippen molar-refractivity contribution in [3.63, 3.8) is 0 Å². The summed E-state index contributed by atoms with van der Waals surface area (Å²) in [5.74, 6) is -3.53. The van der Waals surface area contributed by atoms with E-state index >= 15 is 0 Å². The standard InChI is InChI=1S/C17H25NO9/c1-8(19)18-14-6-13(7-24-9(2)20)15(25-10(3)21)17(27-12(5)23)16(14)26-11(4)22/h13-17H,6-7H2,1-5H3,(H,18,19)/t13-,14-,15-,16-,17+/m0/s1. The highest BCUT2D eigenvalue weighted by Crippen LogP contribution is 2.33. The molecule has 1 N–H and O–H groups in total. The van der Waals surface area contributed by atoms with E-state index in [2.05, 4.69) is 5.32 Å². The summed E-state index contributed by atoms with van der Waals surface area (Å²) in [7, 11) is 0. The predicted octanol–water partition coefficient (Wildman–Crippen LogP) is -0.131. The molecule has 5 atom stereocenters. The molecule has 0 aliphatic heterocycles. The van der Waals surface area contributed by atoms with E-state index in [0.29, 0.717) is 0 Å². The monoisotopic (exact) mass is 387 g/mol. The summed E-state index contributed by atoms with van der Waals surface area (Å²) >= 11 is 0. The Balaban J connectivity index is 3.29. The third-order valence-corrected chi connectivity index (χ3v) is 3.86. The van der Waals surface area contributed by atoms with Crippen LogP contribution in [0.3, 0.4) is 0 Å². The number of hydrogen-bond acceptors (Lipinski definition) is 9. The Morgan fingerprint density at radius 1 is 0.741 bits per heavy atom. The third-order valence-electron chi connectivity index (χ3n) is 3.86. The summed E-state index contributed by atoms with van der Waals surface area (Å²) in [6.45, 7) is 5.87. The van der Waals surface area contributed by atoms with Crippen molar-refractivity contribution in [1.82, 2.24) is 5.32 Å². The highest BCUT2D eigenvalue weighted by atomic mass is 16.6. The van der Waals surface area contributed by atoms with Crippen LogP contribution in [0.5, 0.6) is 0 Å². The van der Waals surface area contributed by atoms with Crippen LogP contribution in [0.15, 0.2) is 0 Å². The molecule has 152 valence electrons. The second-order valence-corrected chi connectivity index (χ2v) is 6.33. The lowest BCUT2D eigenvalue weighted by atomic mass is 9.79. The third kappa shape index (κ3) is 7.24. The highest BCUT2D eigenvalue weighted by molar-refractivity contribution is 5.73. The second kappa shape index (κ2) is 9.89. The highest BCUT2D eigenvalue weighted by Gasteiger charge is 2.51. The largest absolute Gasteiger partial charge is 0.465 e. The lowest BCUT2D eigenvalue weighted by Crippen LogP contribution is -2.62. The number of nitrogens with one attached hydrogen (secondary N) is 1. The fourth-order valence-electron chi connectivity index (χ4n) is 3.09. The smallest absolute Gasteiger partial charge is 0.303 e. The Hall–Kier alpha value is -2.65. The molecule has 1 rings (SSSR count). The normalized spacial score (nSPS) is 27.1. The van der Waals surface area contributed by atoms with Crippen LogP contribution in [0.4, 0.5) is 0 Å². The van der Waals surface area contributed by atoms with Gasteiger partial charge in [0.15, 0.2) is 12.2 Å². The Morgan fingerprint density at radius 2 is 1.22 bits per heavy atom. The van der Waals surface area contributed by atoms with E-state index in [4.69, 9.17) is 18.9 Å². The van der Waals surface area contributed by atoms with Gasteiger partial charge in [-0.3, -0.25) is 24.0 Å². The van der Waals surface area contributed by atoms with Crippen LogP contribution in [0, 0.1) is 5.92 Å². The average Bonchev–Trinajstić information content (AvgIpc) is 2.49. The molecule has 1 amide bonds. The van der Waals surface area contributed by atoms with Crippen molar-refractivity contribution in [3.8, 4) is 0 Å². The van der Waals surface area contributed by atoms with E-state index in [1.54, 1.807) is 0 Å². The van der Waals surface area contributed by atoms with Crippen LogP contribution in [-0.2, 0) is 42.9 Å². The van der Waals surface area contributed by atoms with Gasteiger partial charge in [0, 0.05) is 40.5 Å².